The van der Waals surface area contributed by atoms with Crippen LogP contribution in [-0.2, 0) is 13.0 Å². The molecule has 0 bridgehead atoms. The van der Waals surface area contributed by atoms with Gasteiger partial charge in [-0.2, -0.15) is 0 Å². The third-order valence-corrected chi connectivity index (χ3v) is 7.66. The van der Waals surface area contributed by atoms with Crippen molar-refractivity contribution in [1.29, 1.82) is 0 Å². The van der Waals surface area contributed by atoms with Crippen molar-refractivity contribution in [3.05, 3.63) is 161 Å². The van der Waals surface area contributed by atoms with Crippen LogP contribution in [0.25, 0.3) is 11.1 Å². The van der Waals surface area contributed by atoms with Gasteiger partial charge in [0.2, 0.25) is 0 Å². The summed E-state index contributed by atoms with van der Waals surface area (Å²) < 4.78 is 0. The van der Waals surface area contributed by atoms with Gasteiger partial charge < -0.3 is 5.32 Å². The summed E-state index contributed by atoms with van der Waals surface area (Å²) in [5.74, 6) is 0.248. The molecule has 3 nitrogen and oxygen atoms in total. The Labute approximate surface area is 230 Å². The van der Waals surface area contributed by atoms with Crippen LogP contribution in [0.3, 0.4) is 0 Å². The average molecular weight is 509 g/mol. The maximum Gasteiger partial charge on any atom is 0.256 e. The number of rotatable bonds is 7. The van der Waals surface area contributed by atoms with Gasteiger partial charge in [0.05, 0.1) is 0 Å². The van der Waals surface area contributed by atoms with Crippen LogP contribution in [0.2, 0.25) is 0 Å². The first-order valence-corrected chi connectivity index (χ1v) is 13.6. The van der Waals surface area contributed by atoms with Crippen LogP contribution in [0.4, 0.5) is 5.69 Å². The first-order valence-electron chi connectivity index (χ1n) is 13.6. The van der Waals surface area contributed by atoms with Crippen LogP contribution in [0, 0.1) is 0 Å². The van der Waals surface area contributed by atoms with Gasteiger partial charge in [0.25, 0.3) is 5.91 Å². The summed E-state index contributed by atoms with van der Waals surface area (Å²) >= 11 is 0. The van der Waals surface area contributed by atoms with E-state index in [1.165, 1.54) is 22.3 Å². The topological polar surface area (TPSA) is 32.3 Å². The summed E-state index contributed by atoms with van der Waals surface area (Å²) in [5.41, 5.74) is 8.86. The summed E-state index contributed by atoms with van der Waals surface area (Å²) in [6.07, 6.45) is 0.968. The Balaban J connectivity index is 1.17. The molecule has 5 aromatic carbocycles. The number of carbonyl (C=O) groups excluding carboxylic acids is 1. The Morgan fingerprint density at radius 1 is 0.692 bits per heavy atom. The van der Waals surface area contributed by atoms with Gasteiger partial charge in [0.1, 0.15) is 0 Å². The molecule has 1 heterocycles. The minimum Gasteiger partial charge on any atom is -0.322 e. The monoisotopic (exact) mass is 508 g/mol. The lowest BCUT2D eigenvalue weighted by molar-refractivity contribution is 0.102. The van der Waals surface area contributed by atoms with Crippen LogP contribution < -0.4 is 5.32 Å². The predicted octanol–water partition coefficient (Wildman–Crippen LogP) is 7.80. The van der Waals surface area contributed by atoms with Gasteiger partial charge in [-0.05, 0) is 58.0 Å². The van der Waals surface area contributed by atoms with Crippen LogP contribution in [0.5, 0.6) is 0 Å². The standard InChI is InChI=1S/C36H32N2O/c39-36(34-19-11-10-18-33(34)27-12-4-1-5-13-27)37-32-21-20-31-25-38(23-22-30(31)24-32)26-35(28-14-6-2-7-15-28)29-16-8-3-9-17-29/h1-21,24,35H,22-23,25-26H2,(H,37,39). The molecule has 0 atom stereocenters. The zero-order valence-corrected chi connectivity index (χ0v) is 22.0. The summed E-state index contributed by atoms with van der Waals surface area (Å²) in [6, 6.07) is 45.9. The Morgan fingerprint density at radius 2 is 1.31 bits per heavy atom. The number of nitrogens with zero attached hydrogens (tertiary/aromatic N) is 1. The molecule has 1 N–H and O–H groups in total. The fourth-order valence-electron chi connectivity index (χ4n) is 5.63. The lowest BCUT2D eigenvalue weighted by Crippen LogP contribution is -2.34. The highest BCUT2D eigenvalue weighted by Gasteiger charge is 2.22. The predicted molar refractivity (Wildman–Crippen MR) is 160 cm³/mol. The van der Waals surface area contributed by atoms with Gasteiger partial charge in [-0.15, -0.1) is 0 Å². The van der Waals surface area contributed by atoms with Gasteiger partial charge in [-0.3, -0.25) is 9.69 Å². The van der Waals surface area contributed by atoms with Crippen LogP contribution >= 0.6 is 0 Å². The van der Waals surface area contributed by atoms with Crippen LogP contribution in [-0.4, -0.2) is 23.9 Å². The van der Waals surface area contributed by atoms with E-state index in [0.717, 1.165) is 42.9 Å². The van der Waals surface area contributed by atoms with Gasteiger partial charge >= 0.3 is 0 Å². The van der Waals surface area contributed by atoms with Crippen LogP contribution in [0.15, 0.2) is 133 Å². The van der Waals surface area contributed by atoms with Crippen molar-refractivity contribution in [3.8, 4) is 11.1 Å². The van der Waals surface area contributed by atoms with Crippen molar-refractivity contribution in [3.63, 3.8) is 0 Å². The maximum atomic E-state index is 13.3. The molecule has 0 aromatic heterocycles. The van der Waals surface area contributed by atoms with E-state index in [1.807, 2.05) is 60.7 Å². The molecule has 39 heavy (non-hydrogen) atoms. The number of hydrogen-bond donors (Lipinski definition) is 1. The van der Waals surface area contributed by atoms with Crippen molar-refractivity contribution in [2.24, 2.45) is 0 Å². The Hall–Kier alpha value is -4.47. The first kappa shape index (κ1) is 24.8. The van der Waals surface area contributed by atoms with E-state index >= 15 is 0 Å². The Bertz CT molecular complexity index is 1510. The Morgan fingerprint density at radius 3 is 2.00 bits per heavy atom. The number of amides is 1. The zero-order valence-electron chi connectivity index (χ0n) is 22.0. The smallest absolute Gasteiger partial charge is 0.256 e. The van der Waals surface area contributed by atoms with E-state index < -0.39 is 0 Å². The first-order chi connectivity index (χ1) is 19.2. The van der Waals surface area contributed by atoms with E-state index in [-0.39, 0.29) is 5.91 Å². The van der Waals surface area contributed by atoms with Gasteiger partial charge in [0.15, 0.2) is 0 Å². The fourth-order valence-corrected chi connectivity index (χ4v) is 5.63. The highest BCUT2D eigenvalue weighted by atomic mass is 16.1. The van der Waals surface area contributed by atoms with Crippen molar-refractivity contribution < 1.29 is 4.79 Å². The molecule has 1 aliphatic heterocycles. The summed E-state index contributed by atoms with van der Waals surface area (Å²) in [6.45, 7) is 2.89. The zero-order chi connectivity index (χ0) is 26.4. The molecule has 0 radical (unpaired) electrons. The van der Waals surface area contributed by atoms with E-state index in [2.05, 4.69) is 83.0 Å². The third kappa shape index (κ3) is 5.69. The average Bonchev–Trinajstić information content (AvgIpc) is 3.01. The van der Waals surface area contributed by atoms with Crippen molar-refractivity contribution in [1.82, 2.24) is 4.90 Å². The molecule has 0 aliphatic carbocycles. The number of anilines is 1. The van der Waals surface area contributed by atoms with E-state index in [9.17, 15) is 4.79 Å². The second-order valence-corrected chi connectivity index (χ2v) is 10.2. The molecule has 0 unspecified atom stereocenters. The molecule has 0 spiro atoms. The fraction of sp³-hybridized carbons (Fsp3) is 0.139. The number of benzene rings is 5. The second-order valence-electron chi connectivity index (χ2n) is 10.2. The number of hydrogen-bond acceptors (Lipinski definition) is 2. The number of carbonyl (C=O) groups is 1. The molecule has 192 valence electrons. The molecule has 1 aliphatic rings. The molecule has 6 rings (SSSR count). The lowest BCUT2D eigenvalue weighted by atomic mass is 9.89. The molecule has 0 saturated heterocycles. The molecule has 1 amide bonds. The quantitative estimate of drug-likeness (QED) is 0.243. The van der Waals surface area contributed by atoms with Crippen molar-refractivity contribution in [2.45, 2.75) is 18.9 Å². The SMILES string of the molecule is O=C(Nc1ccc2c(c1)CCN(CC(c1ccccc1)c1ccccc1)C2)c1ccccc1-c1ccccc1. The number of fused-ring (bicyclic) bond motifs is 1. The summed E-state index contributed by atoms with van der Waals surface area (Å²) in [5, 5.41) is 3.15. The largest absolute Gasteiger partial charge is 0.322 e. The van der Waals surface area contributed by atoms with Crippen molar-refractivity contribution >= 4 is 11.6 Å². The van der Waals surface area contributed by atoms with E-state index in [4.69, 9.17) is 0 Å². The number of nitrogens with one attached hydrogen (secondary N) is 1. The highest BCUT2D eigenvalue weighted by molar-refractivity contribution is 6.08. The molecule has 3 heteroatoms. The molecule has 5 aromatic rings. The highest BCUT2D eigenvalue weighted by Crippen LogP contribution is 2.30. The van der Waals surface area contributed by atoms with Crippen LogP contribution in [0.1, 0.15) is 38.5 Å². The lowest BCUT2D eigenvalue weighted by Gasteiger charge is -2.32. The molecular weight excluding hydrogens is 476 g/mol. The second kappa shape index (κ2) is 11.5. The van der Waals surface area contributed by atoms with Gasteiger partial charge in [-0.25, -0.2) is 0 Å². The van der Waals surface area contributed by atoms with Crippen molar-refractivity contribution in [2.75, 3.05) is 18.4 Å². The Kier molecular flexibility index (Phi) is 7.33. The summed E-state index contributed by atoms with van der Waals surface area (Å²) in [7, 11) is 0. The minimum atomic E-state index is -0.0830. The minimum absolute atomic E-state index is 0.0830. The van der Waals surface area contributed by atoms with E-state index in [0.29, 0.717) is 11.5 Å². The molecule has 0 saturated carbocycles. The maximum absolute atomic E-state index is 13.3. The normalized spacial score (nSPS) is 13.2. The van der Waals surface area contributed by atoms with Gasteiger partial charge in [0, 0.05) is 36.8 Å². The third-order valence-electron chi connectivity index (χ3n) is 7.66. The molecular formula is C36H32N2O. The van der Waals surface area contributed by atoms with Gasteiger partial charge in [-0.1, -0.05) is 115 Å². The summed E-state index contributed by atoms with van der Waals surface area (Å²) in [4.78, 5) is 15.9. The molecule has 0 fully saturated rings. The van der Waals surface area contributed by atoms with E-state index in [1.54, 1.807) is 0 Å².